The lowest BCUT2D eigenvalue weighted by Crippen LogP contribution is -2.26. The summed E-state index contributed by atoms with van der Waals surface area (Å²) in [5, 5.41) is 25.2. The first-order valence-corrected chi connectivity index (χ1v) is 9.27. The van der Waals surface area contributed by atoms with Crippen LogP contribution in [0.3, 0.4) is 0 Å². The molecule has 0 radical (unpaired) electrons. The molecule has 0 amide bonds. The highest BCUT2D eigenvalue weighted by Crippen LogP contribution is 2.49. The van der Waals surface area contributed by atoms with Gasteiger partial charge in [0.25, 0.3) is 0 Å². The fourth-order valence-electron chi connectivity index (χ4n) is 3.74. The Hall–Kier alpha value is -1.22. The molecule has 8 heteroatoms. The van der Waals surface area contributed by atoms with Crippen molar-refractivity contribution in [3.8, 4) is 0 Å². The minimum absolute atomic E-state index is 0.0476. The van der Waals surface area contributed by atoms with Crippen LogP contribution in [0.5, 0.6) is 0 Å². The second-order valence-corrected chi connectivity index (χ2v) is 7.97. The fraction of sp³-hybridized carbons (Fsp3) is 0.889. The van der Waals surface area contributed by atoms with Gasteiger partial charge in [-0.1, -0.05) is 0 Å². The number of hydrogen-bond donors (Lipinski definition) is 4. The summed E-state index contributed by atoms with van der Waals surface area (Å²) in [5.41, 5.74) is 4.87. The largest absolute Gasteiger partial charge is 0.481 e. The molecule has 0 spiro atoms. The van der Waals surface area contributed by atoms with E-state index in [1.165, 1.54) is 0 Å². The van der Waals surface area contributed by atoms with E-state index >= 15 is 0 Å². The van der Waals surface area contributed by atoms with E-state index in [1.807, 2.05) is 0 Å². The summed E-state index contributed by atoms with van der Waals surface area (Å²) in [6, 6.07) is 0. The molecule has 2 saturated heterocycles. The van der Waals surface area contributed by atoms with Crippen molar-refractivity contribution in [3.63, 3.8) is 0 Å². The molecular formula is C18H31NO7. The number of carbonyl (C=O) groups is 2. The van der Waals surface area contributed by atoms with Crippen LogP contribution in [0.15, 0.2) is 0 Å². The summed E-state index contributed by atoms with van der Waals surface area (Å²) in [5.74, 6) is -1.64. The quantitative estimate of drug-likeness (QED) is 0.536. The average Bonchev–Trinajstić information content (AvgIpc) is 3.46. The van der Waals surface area contributed by atoms with Crippen LogP contribution in [-0.4, -0.2) is 63.8 Å². The molecule has 0 aromatic heterocycles. The van der Waals surface area contributed by atoms with Crippen LogP contribution < -0.4 is 5.73 Å². The van der Waals surface area contributed by atoms with E-state index < -0.39 is 11.9 Å². The molecule has 4 aliphatic rings. The van der Waals surface area contributed by atoms with Gasteiger partial charge in [-0.3, -0.25) is 9.59 Å². The lowest BCUT2D eigenvalue weighted by atomic mass is 9.83. The zero-order valence-corrected chi connectivity index (χ0v) is 15.5. The maximum Gasteiger partial charge on any atom is 0.306 e. The molecule has 2 saturated carbocycles. The van der Waals surface area contributed by atoms with Crippen molar-refractivity contribution in [2.75, 3.05) is 13.2 Å². The van der Waals surface area contributed by atoms with Crippen molar-refractivity contribution in [1.29, 1.82) is 0 Å². The summed E-state index contributed by atoms with van der Waals surface area (Å²) in [7, 11) is 0. The minimum Gasteiger partial charge on any atom is -0.481 e. The normalized spacial score (nSPS) is 41.8. The maximum absolute atomic E-state index is 10.6. The molecule has 8 nitrogen and oxygen atoms in total. The number of carboxylic acid groups (broad SMARTS) is 2. The molecule has 4 fully saturated rings. The number of carboxylic acids is 2. The van der Waals surface area contributed by atoms with Crippen molar-refractivity contribution in [2.45, 2.75) is 75.8 Å². The molecule has 150 valence electrons. The maximum atomic E-state index is 10.6. The SMILES string of the molecule is CC12CCC(C(=O)O)CC1O2.CC12CCC(C(=O)O)CC1O2.NCCO. The van der Waals surface area contributed by atoms with E-state index in [0.717, 1.165) is 25.7 Å². The number of epoxide rings is 2. The summed E-state index contributed by atoms with van der Waals surface area (Å²) >= 11 is 0. The van der Waals surface area contributed by atoms with Gasteiger partial charge in [0, 0.05) is 6.54 Å². The smallest absolute Gasteiger partial charge is 0.306 e. The highest BCUT2D eigenvalue weighted by molar-refractivity contribution is 5.70. The third-order valence-electron chi connectivity index (χ3n) is 5.87. The zero-order chi connectivity index (χ0) is 19.5. The predicted octanol–water partition coefficient (Wildman–Crippen LogP) is 0.995. The van der Waals surface area contributed by atoms with Gasteiger partial charge in [0.1, 0.15) is 0 Å². The van der Waals surface area contributed by atoms with Gasteiger partial charge in [-0.25, -0.2) is 0 Å². The molecule has 6 unspecified atom stereocenters. The lowest BCUT2D eigenvalue weighted by Gasteiger charge is -2.18. The van der Waals surface area contributed by atoms with Crippen molar-refractivity contribution < 1.29 is 34.4 Å². The Labute approximate surface area is 153 Å². The van der Waals surface area contributed by atoms with Crippen LogP contribution >= 0.6 is 0 Å². The van der Waals surface area contributed by atoms with Gasteiger partial charge in [0.2, 0.25) is 0 Å². The molecule has 2 heterocycles. The number of rotatable bonds is 3. The second kappa shape index (κ2) is 8.21. The van der Waals surface area contributed by atoms with E-state index in [1.54, 1.807) is 0 Å². The molecule has 4 rings (SSSR count). The van der Waals surface area contributed by atoms with Gasteiger partial charge in [-0.05, 0) is 52.4 Å². The van der Waals surface area contributed by atoms with Crippen LogP contribution in [0, 0.1) is 11.8 Å². The Kier molecular flexibility index (Phi) is 6.65. The monoisotopic (exact) mass is 373 g/mol. The van der Waals surface area contributed by atoms with Gasteiger partial charge in [-0.15, -0.1) is 0 Å². The van der Waals surface area contributed by atoms with E-state index in [4.69, 9.17) is 30.5 Å². The van der Waals surface area contributed by atoms with Crippen LogP contribution in [-0.2, 0) is 19.1 Å². The summed E-state index contributed by atoms with van der Waals surface area (Å²) in [4.78, 5) is 21.1. The molecule has 26 heavy (non-hydrogen) atoms. The van der Waals surface area contributed by atoms with E-state index in [0.29, 0.717) is 19.4 Å². The Balaban J connectivity index is 0.000000156. The standard InChI is InChI=1S/2C8H12O3.C2H7NO/c2*1-8-3-2-5(7(9)10)4-6(8)11-8;3-1-2-4/h2*5-6H,2-4H2,1H3,(H,9,10);4H,1-3H2. The molecule has 6 atom stereocenters. The molecule has 0 bridgehead atoms. The highest BCUT2D eigenvalue weighted by atomic mass is 16.6. The van der Waals surface area contributed by atoms with Gasteiger partial charge < -0.3 is 30.5 Å². The first-order valence-electron chi connectivity index (χ1n) is 9.27. The van der Waals surface area contributed by atoms with Gasteiger partial charge in [-0.2, -0.15) is 0 Å². The number of hydrogen-bond acceptors (Lipinski definition) is 6. The number of ether oxygens (including phenoxy) is 2. The summed E-state index contributed by atoms with van der Waals surface area (Å²) < 4.78 is 10.8. The van der Waals surface area contributed by atoms with Crippen LogP contribution in [0.25, 0.3) is 0 Å². The van der Waals surface area contributed by atoms with E-state index in [2.05, 4.69) is 13.8 Å². The van der Waals surface area contributed by atoms with Crippen LogP contribution in [0.4, 0.5) is 0 Å². The van der Waals surface area contributed by atoms with Gasteiger partial charge >= 0.3 is 11.9 Å². The number of aliphatic hydroxyl groups is 1. The molecule has 0 aromatic carbocycles. The Bertz CT molecular complexity index is 482. The van der Waals surface area contributed by atoms with E-state index in [-0.39, 0.29) is 41.9 Å². The van der Waals surface area contributed by atoms with E-state index in [9.17, 15) is 9.59 Å². The first kappa shape index (κ1) is 21.1. The van der Waals surface area contributed by atoms with Gasteiger partial charge in [0.15, 0.2) is 0 Å². The van der Waals surface area contributed by atoms with Crippen LogP contribution in [0.2, 0.25) is 0 Å². The minimum atomic E-state index is -0.664. The zero-order valence-electron chi connectivity index (χ0n) is 15.5. The molecule has 2 aliphatic carbocycles. The number of nitrogens with two attached hydrogens (primary N) is 1. The Morgan fingerprint density at radius 2 is 1.31 bits per heavy atom. The third kappa shape index (κ3) is 5.16. The molecule has 2 aliphatic heterocycles. The van der Waals surface area contributed by atoms with Crippen molar-refractivity contribution in [1.82, 2.24) is 0 Å². The van der Waals surface area contributed by atoms with Crippen molar-refractivity contribution in [2.24, 2.45) is 17.6 Å². The van der Waals surface area contributed by atoms with Crippen LogP contribution in [0.1, 0.15) is 52.4 Å². The Morgan fingerprint density at radius 3 is 1.54 bits per heavy atom. The number of fused-ring (bicyclic) bond motifs is 2. The summed E-state index contributed by atoms with van der Waals surface area (Å²) in [6.07, 6.45) is 5.28. The first-order chi connectivity index (χ1) is 12.1. The fourth-order valence-corrected chi connectivity index (χ4v) is 3.74. The molecule has 0 aromatic rings. The molecule has 5 N–H and O–H groups in total. The Morgan fingerprint density at radius 1 is 0.962 bits per heavy atom. The van der Waals surface area contributed by atoms with Crippen molar-refractivity contribution in [3.05, 3.63) is 0 Å². The second-order valence-electron chi connectivity index (χ2n) is 7.97. The lowest BCUT2D eigenvalue weighted by molar-refractivity contribution is -0.143. The average molecular weight is 373 g/mol. The predicted molar refractivity (Wildman–Crippen MR) is 92.6 cm³/mol. The summed E-state index contributed by atoms with van der Waals surface area (Å²) in [6.45, 7) is 4.60. The highest BCUT2D eigenvalue weighted by Gasteiger charge is 2.57. The number of aliphatic hydroxyl groups excluding tert-OH is 1. The number of aliphatic carboxylic acids is 2. The topological polar surface area (TPSA) is 146 Å². The van der Waals surface area contributed by atoms with Gasteiger partial charge in [0.05, 0.1) is 41.9 Å². The third-order valence-corrected chi connectivity index (χ3v) is 5.87. The van der Waals surface area contributed by atoms with Crippen molar-refractivity contribution >= 4 is 11.9 Å². The molecular weight excluding hydrogens is 342 g/mol.